The van der Waals surface area contributed by atoms with Crippen molar-refractivity contribution in [1.82, 2.24) is 5.32 Å². The molecule has 3 nitrogen and oxygen atoms in total. The SMILES string of the molecule is CSCC(O)CNCCO. The Balaban J connectivity index is 2.97. The highest BCUT2D eigenvalue weighted by molar-refractivity contribution is 7.98. The van der Waals surface area contributed by atoms with Crippen molar-refractivity contribution in [2.45, 2.75) is 6.10 Å². The van der Waals surface area contributed by atoms with Gasteiger partial charge in [0, 0.05) is 18.8 Å². The number of nitrogens with one attached hydrogen (secondary N) is 1. The molecule has 0 spiro atoms. The molecular weight excluding hydrogens is 150 g/mol. The van der Waals surface area contributed by atoms with Crippen molar-refractivity contribution >= 4 is 11.8 Å². The van der Waals surface area contributed by atoms with Crippen molar-refractivity contribution in [1.29, 1.82) is 0 Å². The lowest BCUT2D eigenvalue weighted by Crippen LogP contribution is -2.30. The van der Waals surface area contributed by atoms with E-state index in [0.29, 0.717) is 13.1 Å². The van der Waals surface area contributed by atoms with Gasteiger partial charge in [-0.25, -0.2) is 0 Å². The molecule has 0 aliphatic rings. The highest BCUT2D eigenvalue weighted by Gasteiger charge is 1.99. The van der Waals surface area contributed by atoms with E-state index in [1.165, 1.54) is 0 Å². The molecule has 0 rings (SSSR count). The lowest BCUT2D eigenvalue weighted by atomic mass is 10.4. The molecule has 0 aromatic carbocycles. The first-order chi connectivity index (χ1) is 4.81. The largest absolute Gasteiger partial charge is 0.395 e. The molecule has 0 heterocycles. The fraction of sp³-hybridized carbons (Fsp3) is 1.00. The smallest absolute Gasteiger partial charge is 0.0754 e. The molecule has 0 bridgehead atoms. The molecule has 1 unspecified atom stereocenters. The van der Waals surface area contributed by atoms with Gasteiger partial charge in [0.15, 0.2) is 0 Å². The van der Waals surface area contributed by atoms with Crippen molar-refractivity contribution < 1.29 is 10.2 Å². The van der Waals surface area contributed by atoms with Crippen molar-refractivity contribution in [2.75, 3.05) is 31.7 Å². The van der Waals surface area contributed by atoms with Crippen LogP contribution in [0.25, 0.3) is 0 Å². The predicted molar refractivity (Wildman–Crippen MR) is 44.3 cm³/mol. The minimum atomic E-state index is -0.290. The Labute approximate surface area is 65.8 Å². The standard InChI is InChI=1S/C6H15NO2S/c1-10-5-6(9)4-7-2-3-8/h6-9H,2-5H2,1H3. The van der Waals surface area contributed by atoms with E-state index in [0.717, 1.165) is 5.75 Å². The summed E-state index contributed by atoms with van der Waals surface area (Å²) >= 11 is 1.62. The second-order valence-corrected chi connectivity index (χ2v) is 2.95. The summed E-state index contributed by atoms with van der Waals surface area (Å²) < 4.78 is 0. The van der Waals surface area contributed by atoms with E-state index in [2.05, 4.69) is 5.32 Å². The topological polar surface area (TPSA) is 52.5 Å². The van der Waals surface area contributed by atoms with Crippen LogP contribution in [0.3, 0.4) is 0 Å². The molecule has 62 valence electrons. The molecule has 0 aliphatic carbocycles. The Bertz CT molecular complexity index is 72.8. The van der Waals surface area contributed by atoms with E-state index in [-0.39, 0.29) is 12.7 Å². The first-order valence-corrected chi connectivity index (χ1v) is 4.69. The van der Waals surface area contributed by atoms with Gasteiger partial charge >= 0.3 is 0 Å². The summed E-state index contributed by atoms with van der Waals surface area (Å²) in [5.41, 5.74) is 0. The summed E-state index contributed by atoms with van der Waals surface area (Å²) in [6.07, 6.45) is 1.66. The van der Waals surface area contributed by atoms with E-state index in [9.17, 15) is 0 Å². The fourth-order valence-electron chi connectivity index (χ4n) is 0.599. The number of hydrogen-bond acceptors (Lipinski definition) is 4. The number of thioether (sulfide) groups is 1. The average molecular weight is 165 g/mol. The number of hydrogen-bond donors (Lipinski definition) is 3. The third-order valence-electron chi connectivity index (χ3n) is 1.03. The normalized spacial score (nSPS) is 13.5. The van der Waals surface area contributed by atoms with Gasteiger partial charge in [-0.2, -0.15) is 11.8 Å². The molecule has 0 radical (unpaired) electrons. The van der Waals surface area contributed by atoms with Crippen LogP contribution >= 0.6 is 11.8 Å². The maximum absolute atomic E-state index is 9.11. The fourth-order valence-corrected chi connectivity index (χ4v) is 1.10. The first-order valence-electron chi connectivity index (χ1n) is 3.29. The summed E-state index contributed by atoms with van der Waals surface area (Å²) in [5, 5.41) is 20.4. The summed E-state index contributed by atoms with van der Waals surface area (Å²) in [7, 11) is 0. The van der Waals surface area contributed by atoms with Crippen LogP contribution in [0.1, 0.15) is 0 Å². The van der Waals surface area contributed by atoms with Gasteiger partial charge in [0.1, 0.15) is 0 Å². The molecule has 0 aliphatic heterocycles. The van der Waals surface area contributed by atoms with E-state index in [1.807, 2.05) is 6.26 Å². The van der Waals surface area contributed by atoms with Gasteiger partial charge in [-0.3, -0.25) is 0 Å². The average Bonchev–Trinajstić information content (AvgIpc) is 1.89. The maximum atomic E-state index is 9.11. The molecule has 3 N–H and O–H groups in total. The van der Waals surface area contributed by atoms with Crippen LogP contribution in [0, 0.1) is 0 Å². The number of aliphatic hydroxyl groups excluding tert-OH is 2. The minimum Gasteiger partial charge on any atom is -0.395 e. The van der Waals surface area contributed by atoms with E-state index < -0.39 is 0 Å². The Morgan fingerprint density at radius 2 is 2.30 bits per heavy atom. The molecular formula is C6H15NO2S. The van der Waals surface area contributed by atoms with Gasteiger partial charge < -0.3 is 15.5 Å². The van der Waals surface area contributed by atoms with Crippen molar-refractivity contribution in [3.63, 3.8) is 0 Å². The Morgan fingerprint density at radius 3 is 2.80 bits per heavy atom. The third kappa shape index (κ3) is 6.35. The van der Waals surface area contributed by atoms with E-state index in [4.69, 9.17) is 10.2 Å². The monoisotopic (exact) mass is 165 g/mol. The van der Waals surface area contributed by atoms with Gasteiger partial charge in [0.2, 0.25) is 0 Å². The third-order valence-corrected chi connectivity index (χ3v) is 1.75. The van der Waals surface area contributed by atoms with Crippen LogP contribution in [-0.2, 0) is 0 Å². The zero-order valence-corrected chi connectivity index (χ0v) is 7.02. The minimum absolute atomic E-state index is 0.131. The molecule has 0 fully saturated rings. The van der Waals surface area contributed by atoms with Crippen molar-refractivity contribution in [3.8, 4) is 0 Å². The molecule has 0 saturated carbocycles. The molecule has 10 heavy (non-hydrogen) atoms. The second kappa shape index (κ2) is 7.34. The maximum Gasteiger partial charge on any atom is 0.0754 e. The molecule has 0 aromatic heterocycles. The van der Waals surface area contributed by atoms with Crippen LogP contribution in [0.5, 0.6) is 0 Å². The van der Waals surface area contributed by atoms with E-state index >= 15 is 0 Å². The number of rotatable bonds is 6. The van der Waals surface area contributed by atoms with E-state index in [1.54, 1.807) is 11.8 Å². The van der Waals surface area contributed by atoms with Crippen molar-refractivity contribution in [2.24, 2.45) is 0 Å². The van der Waals surface area contributed by atoms with Gasteiger partial charge in [-0.1, -0.05) is 0 Å². The Kier molecular flexibility index (Phi) is 7.51. The molecule has 0 aromatic rings. The summed E-state index contributed by atoms with van der Waals surface area (Å²) in [4.78, 5) is 0. The van der Waals surface area contributed by atoms with Crippen LogP contribution in [0.2, 0.25) is 0 Å². The van der Waals surface area contributed by atoms with Crippen LogP contribution in [0.4, 0.5) is 0 Å². The lowest BCUT2D eigenvalue weighted by molar-refractivity contribution is 0.191. The highest BCUT2D eigenvalue weighted by atomic mass is 32.2. The Morgan fingerprint density at radius 1 is 1.60 bits per heavy atom. The van der Waals surface area contributed by atoms with Crippen LogP contribution in [0.15, 0.2) is 0 Å². The van der Waals surface area contributed by atoms with Gasteiger partial charge in [0.25, 0.3) is 0 Å². The zero-order chi connectivity index (χ0) is 7.82. The molecule has 4 heteroatoms. The number of aliphatic hydroxyl groups is 2. The summed E-state index contributed by atoms with van der Waals surface area (Å²) in [6, 6.07) is 0. The first kappa shape index (κ1) is 10.2. The predicted octanol–water partition coefficient (Wildman–Crippen LogP) is -0.708. The molecule has 1 atom stereocenters. The summed E-state index contributed by atoms with van der Waals surface area (Å²) in [6.45, 7) is 1.26. The zero-order valence-electron chi connectivity index (χ0n) is 6.21. The molecule has 0 saturated heterocycles. The quantitative estimate of drug-likeness (QED) is 0.455. The van der Waals surface area contributed by atoms with Gasteiger partial charge in [0.05, 0.1) is 12.7 Å². The molecule has 0 amide bonds. The second-order valence-electron chi connectivity index (χ2n) is 2.04. The Hall–Kier alpha value is 0.230. The highest BCUT2D eigenvalue weighted by Crippen LogP contribution is 1.94. The summed E-state index contributed by atoms with van der Waals surface area (Å²) in [5.74, 6) is 0.748. The van der Waals surface area contributed by atoms with Gasteiger partial charge in [-0.05, 0) is 6.26 Å². The van der Waals surface area contributed by atoms with Crippen LogP contribution < -0.4 is 5.32 Å². The van der Waals surface area contributed by atoms with Gasteiger partial charge in [-0.15, -0.1) is 0 Å². The van der Waals surface area contributed by atoms with Crippen LogP contribution in [-0.4, -0.2) is 48.0 Å². The van der Waals surface area contributed by atoms with Crippen molar-refractivity contribution in [3.05, 3.63) is 0 Å². The lowest BCUT2D eigenvalue weighted by Gasteiger charge is -2.08.